The highest BCUT2D eigenvalue weighted by Crippen LogP contribution is 2.30. The van der Waals surface area contributed by atoms with Crippen LogP contribution in [0.2, 0.25) is 0 Å². The van der Waals surface area contributed by atoms with Crippen molar-refractivity contribution in [1.82, 2.24) is 4.98 Å². The van der Waals surface area contributed by atoms with E-state index in [9.17, 15) is 4.79 Å². The van der Waals surface area contributed by atoms with Crippen LogP contribution in [0.1, 0.15) is 31.2 Å². The van der Waals surface area contributed by atoms with Crippen molar-refractivity contribution >= 4 is 22.4 Å². The molecule has 2 aromatic carbocycles. The van der Waals surface area contributed by atoms with E-state index in [1.165, 1.54) is 16.9 Å². The molecule has 0 spiro atoms. The molecule has 0 aliphatic carbocycles. The van der Waals surface area contributed by atoms with Gasteiger partial charge in [-0.2, -0.15) is 0 Å². The fourth-order valence-corrected chi connectivity index (χ4v) is 3.52. The number of hydrogen-bond acceptors (Lipinski definition) is 4. The Morgan fingerprint density at radius 3 is 2.37 bits per heavy atom. The molecule has 0 unspecified atom stereocenters. The van der Waals surface area contributed by atoms with Gasteiger partial charge in [0.1, 0.15) is 5.75 Å². The second kappa shape index (κ2) is 7.92. The molecule has 0 aliphatic rings. The minimum atomic E-state index is -0.219. The van der Waals surface area contributed by atoms with E-state index < -0.39 is 0 Å². The van der Waals surface area contributed by atoms with Crippen LogP contribution in [0.4, 0.5) is 5.13 Å². The van der Waals surface area contributed by atoms with Crippen LogP contribution in [-0.4, -0.2) is 17.5 Å². The summed E-state index contributed by atoms with van der Waals surface area (Å²) >= 11 is 1.47. The van der Waals surface area contributed by atoms with Crippen molar-refractivity contribution in [3.63, 3.8) is 0 Å². The number of hydrogen-bond donors (Lipinski definition) is 1. The van der Waals surface area contributed by atoms with Gasteiger partial charge < -0.3 is 4.74 Å². The van der Waals surface area contributed by atoms with Crippen molar-refractivity contribution in [3.8, 4) is 17.0 Å². The van der Waals surface area contributed by atoms with Crippen LogP contribution < -0.4 is 10.1 Å². The minimum Gasteiger partial charge on any atom is -0.484 e. The van der Waals surface area contributed by atoms with E-state index in [0.29, 0.717) is 10.9 Å². The summed E-state index contributed by atoms with van der Waals surface area (Å²) in [6.45, 7) is 8.44. The Morgan fingerprint density at radius 2 is 1.74 bits per heavy atom. The average molecular weight is 381 g/mol. The van der Waals surface area contributed by atoms with E-state index in [4.69, 9.17) is 4.74 Å². The van der Waals surface area contributed by atoms with E-state index in [2.05, 4.69) is 31.1 Å². The number of nitrogens with zero attached hydrogens (tertiary/aromatic N) is 1. The molecule has 3 rings (SSSR count). The van der Waals surface area contributed by atoms with Crippen LogP contribution in [-0.2, 0) is 10.2 Å². The molecule has 0 aliphatic heterocycles. The van der Waals surface area contributed by atoms with Gasteiger partial charge in [-0.3, -0.25) is 10.1 Å². The quantitative estimate of drug-likeness (QED) is 0.642. The van der Waals surface area contributed by atoms with Gasteiger partial charge >= 0.3 is 0 Å². The van der Waals surface area contributed by atoms with Crippen molar-refractivity contribution < 1.29 is 9.53 Å². The largest absolute Gasteiger partial charge is 0.484 e. The lowest BCUT2D eigenvalue weighted by Crippen LogP contribution is -2.20. The number of ether oxygens (including phenoxy) is 1. The zero-order valence-electron chi connectivity index (χ0n) is 16.1. The Balaban J connectivity index is 1.58. The summed E-state index contributed by atoms with van der Waals surface area (Å²) in [5.41, 5.74) is 3.26. The van der Waals surface area contributed by atoms with Crippen molar-refractivity contribution in [2.75, 3.05) is 11.9 Å². The molecule has 1 heterocycles. The summed E-state index contributed by atoms with van der Waals surface area (Å²) in [6.07, 6.45) is 0. The Morgan fingerprint density at radius 1 is 1.07 bits per heavy atom. The molecule has 0 atom stereocenters. The number of rotatable bonds is 5. The molecule has 1 amide bonds. The van der Waals surface area contributed by atoms with E-state index >= 15 is 0 Å². The lowest BCUT2D eigenvalue weighted by atomic mass is 9.87. The summed E-state index contributed by atoms with van der Waals surface area (Å²) in [4.78, 5) is 17.8. The summed E-state index contributed by atoms with van der Waals surface area (Å²) in [5.74, 6) is 0.460. The molecule has 0 radical (unpaired) electrons. The molecule has 0 bridgehead atoms. The Hall–Kier alpha value is -2.66. The molecule has 3 aromatic rings. The number of nitrogens with one attached hydrogen (secondary N) is 1. The maximum Gasteiger partial charge on any atom is 0.264 e. The van der Waals surface area contributed by atoms with Gasteiger partial charge in [0.2, 0.25) is 0 Å². The molecule has 0 fully saturated rings. The molecule has 140 valence electrons. The van der Waals surface area contributed by atoms with E-state index in [1.807, 2.05) is 61.5 Å². The van der Waals surface area contributed by atoms with Gasteiger partial charge in [0, 0.05) is 10.4 Å². The first kappa shape index (κ1) is 19.1. The fraction of sp³-hybridized carbons (Fsp3) is 0.273. The van der Waals surface area contributed by atoms with Crippen LogP contribution in [0.3, 0.4) is 0 Å². The maximum absolute atomic E-state index is 12.2. The Labute approximate surface area is 164 Å². The first-order valence-corrected chi connectivity index (χ1v) is 9.70. The molecule has 1 aromatic heterocycles. The number of benzene rings is 2. The van der Waals surface area contributed by atoms with Gasteiger partial charge in [0.25, 0.3) is 5.91 Å². The highest BCUT2D eigenvalue weighted by Gasteiger charge is 2.14. The average Bonchev–Trinajstić information content (AvgIpc) is 3.00. The summed E-state index contributed by atoms with van der Waals surface area (Å²) < 4.78 is 5.59. The lowest BCUT2D eigenvalue weighted by molar-refractivity contribution is -0.118. The number of anilines is 1. The number of aromatic nitrogens is 1. The molecule has 1 N–H and O–H groups in total. The van der Waals surface area contributed by atoms with E-state index in [0.717, 1.165) is 16.1 Å². The van der Waals surface area contributed by atoms with Crippen molar-refractivity contribution in [3.05, 3.63) is 65.0 Å². The molecular weight excluding hydrogens is 356 g/mol. The minimum absolute atomic E-state index is 0.0475. The van der Waals surface area contributed by atoms with Crippen LogP contribution in [0.25, 0.3) is 11.3 Å². The zero-order chi connectivity index (χ0) is 19.4. The molecule has 0 saturated heterocycles. The number of carbonyl (C=O) groups excluding carboxylic acids is 1. The first-order chi connectivity index (χ1) is 12.8. The maximum atomic E-state index is 12.2. The van der Waals surface area contributed by atoms with Crippen LogP contribution in [0, 0.1) is 6.92 Å². The summed E-state index contributed by atoms with van der Waals surface area (Å²) in [5, 5.41) is 3.41. The van der Waals surface area contributed by atoms with Crippen LogP contribution in [0.15, 0.2) is 54.6 Å². The normalized spacial score (nSPS) is 11.3. The SMILES string of the molecule is Cc1sc(NC(=O)COc2ccc(C(C)(C)C)cc2)nc1-c1ccccc1. The molecule has 0 saturated carbocycles. The van der Waals surface area contributed by atoms with Crippen molar-refractivity contribution in [1.29, 1.82) is 0 Å². The number of amides is 1. The third-order valence-corrected chi connectivity index (χ3v) is 5.07. The second-order valence-electron chi connectivity index (χ2n) is 7.40. The smallest absolute Gasteiger partial charge is 0.264 e. The Bertz CT molecular complexity index is 910. The number of aryl methyl sites for hydroxylation is 1. The van der Waals surface area contributed by atoms with Gasteiger partial charge in [-0.15, -0.1) is 11.3 Å². The third-order valence-electron chi connectivity index (χ3n) is 4.18. The lowest BCUT2D eigenvalue weighted by Gasteiger charge is -2.19. The highest BCUT2D eigenvalue weighted by atomic mass is 32.1. The van der Waals surface area contributed by atoms with E-state index in [-0.39, 0.29) is 17.9 Å². The first-order valence-electron chi connectivity index (χ1n) is 8.89. The Kier molecular flexibility index (Phi) is 5.61. The monoisotopic (exact) mass is 380 g/mol. The summed E-state index contributed by atoms with van der Waals surface area (Å²) in [7, 11) is 0. The van der Waals surface area contributed by atoms with Gasteiger partial charge in [0.05, 0.1) is 5.69 Å². The van der Waals surface area contributed by atoms with Gasteiger partial charge in [-0.1, -0.05) is 63.2 Å². The second-order valence-corrected chi connectivity index (χ2v) is 8.60. The van der Waals surface area contributed by atoms with Gasteiger partial charge in [0.15, 0.2) is 11.7 Å². The number of thiazole rings is 1. The topological polar surface area (TPSA) is 51.2 Å². The molecule has 5 heteroatoms. The molecule has 27 heavy (non-hydrogen) atoms. The third kappa shape index (κ3) is 4.95. The van der Waals surface area contributed by atoms with Crippen molar-refractivity contribution in [2.24, 2.45) is 0 Å². The molecule has 4 nitrogen and oxygen atoms in total. The standard InChI is InChI=1S/C22H24N2O2S/c1-15-20(16-8-6-5-7-9-16)24-21(27-15)23-19(25)14-26-18-12-10-17(11-13-18)22(2,3)4/h5-13H,14H2,1-4H3,(H,23,24,25). The highest BCUT2D eigenvalue weighted by molar-refractivity contribution is 7.16. The predicted octanol–water partition coefficient (Wildman–Crippen LogP) is 5.43. The van der Waals surface area contributed by atoms with Crippen molar-refractivity contribution in [2.45, 2.75) is 33.1 Å². The van der Waals surface area contributed by atoms with Crippen LogP contribution in [0.5, 0.6) is 5.75 Å². The van der Waals surface area contributed by atoms with Gasteiger partial charge in [-0.05, 0) is 30.0 Å². The van der Waals surface area contributed by atoms with Gasteiger partial charge in [-0.25, -0.2) is 4.98 Å². The predicted molar refractivity (Wildman–Crippen MR) is 112 cm³/mol. The zero-order valence-corrected chi connectivity index (χ0v) is 16.9. The number of carbonyl (C=O) groups is 1. The molecular formula is C22H24N2O2S. The summed E-state index contributed by atoms with van der Waals surface area (Å²) in [6, 6.07) is 17.8. The van der Waals surface area contributed by atoms with Crippen LogP contribution >= 0.6 is 11.3 Å². The van der Waals surface area contributed by atoms with E-state index in [1.54, 1.807) is 0 Å². The fourth-order valence-electron chi connectivity index (χ4n) is 2.67.